The van der Waals surface area contributed by atoms with Crippen LogP contribution in [0.4, 0.5) is 0 Å². The van der Waals surface area contributed by atoms with Crippen molar-refractivity contribution in [3.05, 3.63) is 65.2 Å². The molecule has 34 heavy (non-hydrogen) atoms. The van der Waals surface area contributed by atoms with E-state index in [0.717, 1.165) is 0 Å². The average Bonchev–Trinajstić information content (AvgIpc) is 2.83. The van der Waals surface area contributed by atoms with Crippen molar-refractivity contribution in [1.82, 2.24) is 0 Å². The van der Waals surface area contributed by atoms with E-state index in [2.05, 4.69) is 0 Å². The average molecular weight is 471 g/mol. The van der Waals surface area contributed by atoms with Gasteiger partial charge in [-0.1, -0.05) is 24.3 Å². The SMILES string of the molecule is CCOC(=O)COC(=O)c1cc(/C=C/C(=O)c2cccc(OCCN)c2)ccc1OCC(=O)O. The lowest BCUT2D eigenvalue weighted by Gasteiger charge is -2.11. The van der Waals surface area contributed by atoms with Gasteiger partial charge in [-0.15, -0.1) is 0 Å². The highest BCUT2D eigenvalue weighted by molar-refractivity contribution is 6.07. The standard InChI is InChI=1S/C24H25NO9/c1-2-31-23(29)15-34-24(30)19-12-16(7-9-21(19)33-14-22(27)28)6-8-20(26)17-4-3-5-18(13-17)32-11-10-25/h3-9,12-13H,2,10-11,14-15,25H2,1H3,(H,27,28)/b8-6+. The molecule has 180 valence electrons. The van der Waals surface area contributed by atoms with Gasteiger partial charge in [0.1, 0.15) is 23.7 Å². The van der Waals surface area contributed by atoms with Crippen LogP contribution in [0.2, 0.25) is 0 Å². The second kappa shape index (κ2) is 13.4. The molecule has 10 nitrogen and oxygen atoms in total. The van der Waals surface area contributed by atoms with Gasteiger partial charge in [0.15, 0.2) is 19.0 Å². The van der Waals surface area contributed by atoms with Crippen LogP contribution in [-0.2, 0) is 19.1 Å². The molecule has 0 saturated carbocycles. The molecule has 0 unspecified atom stereocenters. The Morgan fingerprint density at radius 1 is 1.00 bits per heavy atom. The Kier molecular flexibility index (Phi) is 10.3. The molecule has 0 aliphatic rings. The Morgan fingerprint density at radius 3 is 2.50 bits per heavy atom. The number of hydrogen-bond donors (Lipinski definition) is 2. The Morgan fingerprint density at radius 2 is 1.79 bits per heavy atom. The van der Waals surface area contributed by atoms with Crippen molar-refractivity contribution in [3.63, 3.8) is 0 Å². The predicted molar refractivity (Wildman–Crippen MR) is 121 cm³/mol. The smallest absolute Gasteiger partial charge is 0.344 e. The molecule has 0 bridgehead atoms. The fourth-order valence-corrected chi connectivity index (χ4v) is 2.67. The first kappa shape index (κ1) is 26.1. The number of aliphatic carboxylic acids is 1. The summed E-state index contributed by atoms with van der Waals surface area (Å²) in [6.45, 7) is 1.09. The summed E-state index contributed by atoms with van der Waals surface area (Å²) >= 11 is 0. The molecule has 0 radical (unpaired) electrons. The number of esters is 2. The highest BCUT2D eigenvalue weighted by Gasteiger charge is 2.18. The fraction of sp³-hybridized carbons (Fsp3) is 0.250. The van der Waals surface area contributed by atoms with Crippen molar-refractivity contribution >= 4 is 29.8 Å². The van der Waals surface area contributed by atoms with Crippen LogP contribution >= 0.6 is 0 Å². The Bertz CT molecular complexity index is 1060. The third-order valence-electron chi connectivity index (χ3n) is 4.13. The topological polar surface area (TPSA) is 151 Å². The van der Waals surface area contributed by atoms with E-state index < -0.39 is 31.1 Å². The summed E-state index contributed by atoms with van der Waals surface area (Å²) in [5.41, 5.74) is 6.13. The first-order valence-corrected chi connectivity index (χ1v) is 10.3. The van der Waals surface area contributed by atoms with Crippen LogP contribution in [0.25, 0.3) is 6.08 Å². The van der Waals surface area contributed by atoms with Gasteiger partial charge in [0.2, 0.25) is 0 Å². The Labute approximate surface area is 195 Å². The number of hydrogen-bond acceptors (Lipinski definition) is 9. The van der Waals surface area contributed by atoms with Crippen molar-refractivity contribution in [3.8, 4) is 11.5 Å². The summed E-state index contributed by atoms with van der Waals surface area (Å²) in [6.07, 6.45) is 2.78. The van der Waals surface area contributed by atoms with Gasteiger partial charge in [0, 0.05) is 12.1 Å². The van der Waals surface area contributed by atoms with E-state index in [1.165, 1.54) is 30.4 Å². The van der Waals surface area contributed by atoms with Crippen LogP contribution in [0.15, 0.2) is 48.5 Å². The number of carbonyl (C=O) groups is 4. The molecule has 10 heteroatoms. The van der Waals surface area contributed by atoms with Crippen molar-refractivity contribution < 1.29 is 43.2 Å². The minimum atomic E-state index is -1.24. The number of carboxylic acids is 1. The molecule has 3 N–H and O–H groups in total. The monoisotopic (exact) mass is 471 g/mol. The summed E-state index contributed by atoms with van der Waals surface area (Å²) in [5.74, 6) is -2.74. The Balaban J connectivity index is 2.21. The third kappa shape index (κ3) is 8.40. The summed E-state index contributed by atoms with van der Waals surface area (Å²) < 4.78 is 20.2. The van der Waals surface area contributed by atoms with Crippen LogP contribution in [-0.4, -0.2) is 61.8 Å². The molecule has 0 amide bonds. The van der Waals surface area contributed by atoms with Crippen LogP contribution in [0, 0.1) is 0 Å². The second-order valence-corrected chi connectivity index (χ2v) is 6.68. The van der Waals surface area contributed by atoms with E-state index in [9.17, 15) is 19.2 Å². The maximum atomic E-state index is 12.5. The van der Waals surface area contributed by atoms with Gasteiger partial charge < -0.3 is 29.8 Å². The summed E-state index contributed by atoms with van der Waals surface area (Å²) in [6, 6.07) is 10.9. The molecule has 0 saturated heterocycles. The second-order valence-electron chi connectivity index (χ2n) is 6.68. The zero-order valence-electron chi connectivity index (χ0n) is 18.5. The van der Waals surface area contributed by atoms with Gasteiger partial charge in [0.05, 0.1) is 6.61 Å². The number of allylic oxidation sites excluding steroid dienone is 1. The molecule has 0 aromatic heterocycles. The van der Waals surface area contributed by atoms with Gasteiger partial charge in [0.25, 0.3) is 0 Å². The first-order valence-electron chi connectivity index (χ1n) is 10.3. The first-order chi connectivity index (χ1) is 16.3. The van der Waals surface area contributed by atoms with E-state index in [-0.39, 0.29) is 23.7 Å². The van der Waals surface area contributed by atoms with E-state index in [0.29, 0.717) is 30.0 Å². The van der Waals surface area contributed by atoms with E-state index in [4.69, 9.17) is 29.8 Å². The van der Waals surface area contributed by atoms with E-state index in [1.54, 1.807) is 31.2 Å². The van der Waals surface area contributed by atoms with Crippen molar-refractivity contribution in [2.24, 2.45) is 5.73 Å². The summed E-state index contributed by atoms with van der Waals surface area (Å²) in [7, 11) is 0. The third-order valence-corrected chi connectivity index (χ3v) is 4.13. The fourth-order valence-electron chi connectivity index (χ4n) is 2.67. The van der Waals surface area contributed by atoms with Crippen molar-refractivity contribution in [2.45, 2.75) is 6.92 Å². The molecular weight excluding hydrogens is 446 g/mol. The van der Waals surface area contributed by atoms with Crippen LogP contribution in [0.3, 0.4) is 0 Å². The molecule has 0 atom stereocenters. The minimum Gasteiger partial charge on any atom is -0.492 e. The lowest BCUT2D eigenvalue weighted by Crippen LogP contribution is -2.18. The van der Waals surface area contributed by atoms with Crippen molar-refractivity contribution in [1.29, 1.82) is 0 Å². The molecule has 0 fully saturated rings. The summed E-state index contributed by atoms with van der Waals surface area (Å²) in [4.78, 5) is 47.3. The maximum absolute atomic E-state index is 12.5. The lowest BCUT2D eigenvalue weighted by atomic mass is 10.1. The number of ketones is 1. The number of rotatable bonds is 13. The number of carboxylic acid groups (broad SMARTS) is 1. The van der Waals surface area contributed by atoms with E-state index in [1.807, 2.05) is 0 Å². The van der Waals surface area contributed by atoms with Gasteiger partial charge in [-0.25, -0.2) is 14.4 Å². The maximum Gasteiger partial charge on any atom is 0.344 e. The molecule has 0 heterocycles. The van der Waals surface area contributed by atoms with Crippen LogP contribution < -0.4 is 15.2 Å². The molecule has 2 aromatic carbocycles. The number of benzene rings is 2. The largest absolute Gasteiger partial charge is 0.492 e. The van der Waals surface area contributed by atoms with Gasteiger partial charge in [-0.3, -0.25) is 4.79 Å². The molecule has 0 spiro atoms. The lowest BCUT2D eigenvalue weighted by molar-refractivity contribution is -0.146. The predicted octanol–water partition coefficient (Wildman–Crippen LogP) is 2.10. The zero-order chi connectivity index (χ0) is 24.9. The molecule has 0 aliphatic carbocycles. The zero-order valence-corrected chi connectivity index (χ0v) is 18.5. The number of carbonyl (C=O) groups excluding carboxylic acids is 3. The number of nitrogens with two attached hydrogens (primary N) is 1. The molecular formula is C24H25NO9. The molecule has 2 aromatic rings. The molecule has 2 rings (SSSR count). The quantitative estimate of drug-likeness (QED) is 0.252. The van der Waals surface area contributed by atoms with E-state index >= 15 is 0 Å². The highest BCUT2D eigenvalue weighted by Crippen LogP contribution is 2.23. The van der Waals surface area contributed by atoms with Gasteiger partial charge in [-0.05, 0) is 42.8 Å². The normalized spacial score (nSPS) is 10.5. The van der Waals surface area contributed by atoms with Crippen molar-refractivity contribution in [2.75, 3.05) is 33.0 Å². The number of ether oxygens (including phenoxy) is 4. The minimum absolute atomic E-state index is 0.0514. The van der Waals surface area contributed by atoms with Crippen LogP contribution in [0.5, 0.6) is 11.5 Å². The van der Waals surface area contributed by atoms with Crippen LogP contribution in [0.1, 0.15) is 33.2 Å². The summed E-state index contributed by atoms with van der Waals surface area (Å²) in [5, 5.41) is 8.85. The van der Waals surface area contributed by atoms with Gasteiger partial charge >= 0.3 is 17.9 Å². The highest BCUT2D eigenvalue weighted by atomic mass is 16.6. The molecule has 0 aliphatic heterocycles. The van der Waals surface area contributed by atoms with Gasteiger partial charge in [-0.2, -0.15) is 0 Å². The Hall–Kier alpha value is -4.18.